The second kappa shape index (κ2) is 6.44. The molecule has 3 nitrogen and oxygen atoms in total. The lowest BCUT2D eigenvalue weighted by atomic mass is 9.99. The van der Waals surface area contributed by atoms with Crippen molar-refractivity contribution in [2.45, 2.75) is 20.3 Å². The van der Waals surface area contributed by atoms with Gasteiger partial charge in [0.2, 0.25) is 0 Å². The van der Waals surface area contributed by atoms with Crippen LogP contribution in [-0.4, -0.2) is 20.0 Å². The zero-order chi connectivity index (χ0) is 15.4. The molecule has 0 saturated heterocycles. The molecule has 0 unspecified atom stereocenters. The van der Waals surface area contributed by atoms with Gasteiger partial charge in [-0.3, -0.25) is 4.79 Å². The molecule has 0 bridgehead atoms. The van der Waals surface area contributed by atoms with E-state index in [-0.39, 0.29) is 5.78 Å². The summed E-state index contributed by atoms with van der Waals surface area (Å²) in [6.45, 7) is 4.12. The zero-order valence-corrected chi connectivity index (χ0v) is 12.9. The maximum atomic E-state index is 12.4. The van der Waals surface area contributed by atoms with Gasteiger partial charge in [0.25, 0.3) is 0 Å². The fraction of sp³-hybridized carbons (Fsp3) is 0.278. The van der Waals surface area contributed by atoms with E-state index in [0.717, 1.165) is 5.56 Å². The van der Waals surface area contributed by atoms with Crippen molar-refractivity contribution >= 4 is 5.78 Å². The summed E-state index contributed by atoms with van der Waals surface area (Å²) in [5.41, 5.74) is 4.09. The quantitative estimate of drug-likeness (QED) is 0.784. The molecule has 0 fully saturated rings. The Morgan fingerprint density at radius 3 is 2.24 bits per heavy atom. The fourth-order valence-corrected chi connectivity index (χ4v) is 2.21. The van der Waals surface area contributed by atoms with Crippen molar-refractivity contribution in [2.24, 2.45) is 0 Å². The van der Waals surface area contributed by atoms with Crippen LogP contribution in [0.25, 0.3) is 0 Å². The highest BCUT2D eigenvalue weighted by atomic mass is 16.5. The molecule has 2 aromatic rings. The molecule has 0 atom stereocenters. The molecule has 2 rings (SSSR count). The molecule has 0 spiro atoms. The summed E-state index contributed by atoms with van der Waals surface area (Å²) < 4.78 is 10.4. The second-order valence-electron chi connectivity index (χ2n) is 5.09. The lowest BCUT2D eigenvalue weighted by Gasteiger charge is -2.09. The van der Waals surface area contributed by atoms with Crippen LogP contribution in [0.15, 0.2) is 36.4 Å². The summed E-state index contributed by atoms with van der Waals surface area (Å²) in [7, 11) is 3.14. The highest BCUT2D eigenvalue weighted by Crippen LogP contribution is 2.28. The van der Waals surface area contributed by atoms with Gasteiger partial charge in [-0.05, 0) is 48.7 Å². The minimum Gasteiger partial charge on any atom is -0.493 e. The summed E-state index contributed by atoms with van der Waals surface area (Å²) >= 11 is 0. The molecule has 2 aromatic carbocycles. The summed E-state index contributed by atoms with van der Waals surface area (Å²) in [6, 6.07) is 11.4. The van der Waals surface area contributed by atoms with Gasteiger partial charge in [-0.25, -0.2) is 0 Å². The molecule has 0 aliphatic carbocycles. The molecule has 110 valence electrons. The van der Waals surface area contributed by atoms with Crippen LogP contribution in [0.4, 0.5) is 0 Å². The van der Waals surface area contributed by atoms with E-state index in [9.17, 15) is 4.79 Å². The number of carbonyl (C=O) groups is 1. The third kappa shape index (κ3) is 3.43. The maximum absolute atomic E-state index is 12.4. The number of hydrogen-bond donors (Lipinski definition) is 0. The number of methoxy groups -OCH3 is 2. The van der Waals surface area contributed by atoms with Crippen LogP contribution in [0.2, 0.25) is 0 Å². The van der Waals surface area contributed by atoms with Crippen molar-refractivity contribution < 1.29 is 14.3 Å². The highest BCUT2D eigenvalue weighted by Gasteiger charge is 2.11. The lowest BCUT2D eigenvalue weighted by Crippen LogP contribution is -2.05. The average molecular weight is 284 g/mol. The topological polar surface area (TPSA) is 35.5 Å². The smallest absolute Gasteiger partial charge is 0.167 e. The average Bonchev–Trinajstić information content (AvgIpc) is 2.50. The van der Waals surface area contributed by atoms with Crippen molar-refractivity contribution in [2.75, 3.05) is 14.2 Å². The number of rotatable bonds is 5. The van der Waals surface area contributed by atoms with Gasteiger partial charge in [0.05, 0.1) is 14.2 Å². The van der Waals surface area contributed by atoms with Crippen molar-refractivity contribution in [3.8, 4) is 11.5 Å². The minimum absolute atomic E-state index is 0.0687. The molecule has 0 aromatic heterocycles. The summed E-state index contributed by atoms with van der Waals surface area (Å²) in [4.78, 5) is 12.4. The predicted octanol–water partition coefficient (Wildman–Crippen LogP) is 3.75. The van der Waals surface area contributed by atoms with E-state index >= 15 is 0 Å². The van der Waals surface area contributed by atoms with Gasteiger partial charge in [-0.15, -0.1) is 0 Å². The zero-order valence-electron chi connectivity index (χ0n) is 12.9. The second-order valence-corrected chi connectivity index (χ2v) is 5.09. The van der Waals surface area contributed by atoms with Crippen molar-refractivity contribution in [1.29, 1.82) is 0 Å². The van der Waals surface area contributed by atoms with Crippen LogP contribution in [0.1, 0.15) is 27.0 Å². The highest BCUT2D eigenvalue weighted by molar-refractivity contribution is 5.98. The van der Waals surface area contributed by atoms with Crippen molar-refractivity contribution in [3.63, 3.8) is 0 Å². The fourth-order valence-electron chi connectivity index (χ4n) is 2.21. The Kier molecular flexibility index (Phi) is 4.63. The number of ketones is 1. The summed E-state index contributed by atoms with van der Waals surface area (Å²) in [6.07, 6.45) is 0.386. The Morgan fingerprint density at radius 2 is 1.62 bits per heavy atom. The van der Waals surface area contributed by atoms with Crippen molar-refractivity contribution in [1.82, 2.24) is 0 Å². The van der Waals surface area contributed by atoms with E-state index in [1.807, 2.05) is 12.1 Å². The number of Topliss-reactive ketones (excluding diaryl/α,β-unsaturated/α-hetero) is 1. The molecular weight excluding hydrogens is 264 g/mol. The monoisotopic (exact) mass is 284 g/mol. The van der Waals surface area contributed by atoms with E-state index in [1.54, 1.807) is 32.4 Å². The first kappa shape index (κ1) is 15.1. The van der Waals surface area contributed by atoms with Gasteiger partial charge in [-0.1, -0.05) is 18.2 Å². The van der Waals surface area contributed by atoms with Crippen LogP contribution in [-0.2, 0) is 6.42 Å². The van der Waals surface area contributed by atoms with E-state index in [0.29, 0.717) is 23.5 Å². The number of carbonyl (C=O) groups excluding carboxylic acids is 1. The first-order valence-corrected chi connectivity index (χ1v) is 6.86. The molecule has 0 aliphatic rings. The lowest BCUT2D eigenvalue weighted by molar-refractivity contribution is 0.0992. The first-order chi connectivity index (χ1) is 10.0. The van der Waals surface area contributed by atoms with Crippen molar-refractivity contribution in [3.05, 3.63) is 58.7 Å². The number of hydrogen-bond acceptors (Lipinski definition) is 3. The number of aryl methyl sites for hydroxylation is 2. The van der Waals surface area contributed by atoms with Gasteiger partial charge in [0.15, 0.2) is 17.3 Å². The van der Waals surface area contributed by atoms with Crippen LogP contribution in [0.3, 0.4) is 0 Å². The Hall–Kier alpha value is -2.29. The van der Waals surface area contributed by atoms with Crippen LogP contribution in [0.5, 0.6) is 11.5 Å². The predicted molar refractivity (Wildman–Crippen MR) is 83.5 cm³/mol. The SMILES string of the molecule is COc1ccc(C(=O)Cc2ccc(C)c(C)c2)cc1OC. The van der Waals surface area contributed by atoms with Gasteiger partial charge >= 0.3 is 0 Å². The molecule has 21 heavy (non-hydrogen) atoms. The van der Waals surface area contributed by atoms with Gasteiger partial charge in [-0.2, -0.15) is 0 Å². The maximum Gasteiger partial charge on any atom is 0.167 e. The van der Waals surface area contributed by atoms with E-state index in [1.165, 1.54) is 11.1 Å². The largest absolute Gasteiger partial charge is 0.493 e. The molecule has 0 aliphatic heterocycles. The van der Waals surface area contributed by atoms with Crippen LogP contribution < -0.4 is 9.47 Å². The normalized spacial score (nSPS) is 10.3. The third-order valence-corrected chi connectivity index (χ3v) is 3.64. The molecule has 0 saturated carbocycles. The number of ether oxygens (including phenoxy) is 2. The Bertz CT molecular complexity index is 660. The van der Waals surface area contributed by atoms with Crippen LogP contribution >= 0.6 is 0 Å². The third-order valence-electron chi connectivity index (χ3n) is 3.64. The Morgan fingerprint density at radius 1 is 0.905 bits per heavy atom. The molecule has 0 amide bonds. The minimum atomic E-state index is 0.0687. The van der Waals surface area contributed by atoms with E-state index in [4.69, 9.17) is 9.47 Å². The molecule has 0 N–H and O–H groups in total. The van der Waals surface area contributed by atoms with E-state index < -0.39 is 0 Å². The number of benzene rings is 2. The van der Waals surface area contributed by atoms with Gasteiger partial charge < -0.3 is 9.47 Å². The molecular formula is C18H20O3. The summed E-state index contributed by atoms with van der Waals surface area (Å²) in [5, 5.41) is 0. The first-order valence-electron chi connectivity index (χ1n) is 6.86. The Balaban J connectivity index is 2.21. The summed E-state index contributed by atoms with van der Waals surface area (Å²) in [5.74, 6) is 1.27. The van der Waals surface area contributed by atoms with Crippen LogP contribution in [0, 0.1) is 13.8 Å². The Labute approximate surface area is 125 Å². The van der Waals surface area contributed by atoms with E-state index in [2.05, 4.69) is 19.9 Å². The molecule has 0 heterocycles. The molecule has 3 heteroatoms. The van der Waals surface area contributed by atoms with Gasteiger partial charge in [0, 0.05) is 12.0 Å². The van der Waals surface area contributed by atoms with Gasteiger partial charge in [0.1, 0.15) is 0 Å². The standard InChI is InChI=1S/C18H20O3/c1-12-5-6-14(9-13(12)2)10-16(19)15-7-8-17(20-3)18(11-15)21-4/h5-9,11H,10H2,1-4H3. The molecule has 0 radical (unpaired) electrons.